The first kappa shape index (κ1) is 13.7. The van der Waals surface area contributed by atoms with Gasteiger partial charge in [-0.2, -0.15) is 0 Å². The second-order valence-electron chi connectivity index (χ2n) is 4.13. The van der Waals surface area contributed by atoms with Gasteiger partial charge in [0.05, 0.1) is 0 Å². The predicted molar refractivity (Wildman–Crippen MR) is 74.6 cm³/mol. The van der Waals surface area contributed by atoms with Crippen molar-refractivity contribution in [2.45, 2.75) is 39.7 Å². The molecule has 0 aliphatic rings. The fraction of sp³-hybridized carbons (Fsp3) is 0.571. The lowest BCUT2D eigenvalue weighted by Gasteiger charge is -2.27. The summed E-state index contributed by atoms with van der Waals surface area (Å²) in [6.07, 6.45) is 2.44. The van der Waals surface area contributed by atoms with E-state index in [9.17, 15) is 0 Å². The summed E-state index contributed by atoms with van der Waals surface area (Å²) in [5, 5.41) is 3.61. The highest BCUT2D eigenvalue weighted by atomic mass is 79.9. The molecule has 90 valence electrons. The average Bonchev–Trinajstić information content (AvgIpc) is 2.30. The molecule has 1 atom stereocenters. The molecule has 2 heteroatoms. The number of benzene rings is 1. The topological polar surface area (TPSA) is 12.0 Å². The van der Waals surface area contributed by atoms with Gasteiger partial charge in [0.2, 0.25) is 0 Å². The molecule has 1 nitrogen and oxygen atoms in total. The highest BCUT2D eigenvalue weighted by Gasteiger charge is 2.20. The molecule has 0 saturated heterocycles. The molecule has 1 rings (SSSR count). The van der Waals surface area contributed by atoms with Gasteiger partial charge in [0.1, 0.15) is 0 Å². The van der Waals surface area contributed by atoms with Crippen LogP contribution < -0.4 is 5.32 Å². The maximum absolute atomic E-state index is 3.65. The van der Waals surface area contributed by atoms with E-state index in [2.05, 4.69) is 66.3 Å². The molecular formula is C14H22BrN. The molecule has 1 N–H and O–H groups in total. The summed E-state index contributed by atoms with van der Waals surface area (Å²) in [5.74, 6) is 0.707. The second-order valence-corrected chi connectivity index (χ2v) is 4.99. The molecule has 0 fully saturated rings. The predicted octanol–water partition coefficient (Wildman–Crippen LogP) is 4.54. The molecule has 0 bridgehead atoms. The summed E-state index contributed by atoms with van der Waals surface area (Å²) < 4.78 is 1.22. The quantitative estimate of drug-likeness (QED) is 0.809. The zero-order valence-corrected chi connectivity index (χ0v) is 12.0. The third kappa shape index (κ3) is 3.33. The van der Waals surface area contributed by atoms with E-state index in [1.807, 2.05) is 0 Å². The Kier molecular flexibility index (Phi) is 6.07. The highest BCUT2D eigenvalue weighted by Crippen LogP contribution is 2.31. The molecule has 0 saturated carbocycles. The van der Waals surface area contributed by atoms with E-state index >= 15 is 0 Å². The Morgan fingerprint density at radius 3 is 2.25 bits per heavy atom. The number of rotatable bonds is 6. The molecular weight excluding hydrogens is 262 g/mol. The van der Waals surface area contributed by atoms with Crippen molar-refractivity contribution in [3.05, 3.63) is 34.3 Å². The largest absolute Gasteiger partial charge is 0.310 e. The number of hydrogen-bond donors (Lipinski definition) is 1. The van der Waals surface area contributed by atoms with Crippen molar-refractivity contribution in [3.63, 3.8) is 0 Å². The summed E-state index contributed by atoms with van der Waals surface area (Å²) in [6, 6.07) is 9.00. The molecule has 0 radical (unpaired) electrons. The minimum atomic E-state index is 0.468. The van der Waals surface area contributed by atoms with E-state index in [4.69, 9.17) is 0 Å². The molecule has 0 aromatic heterocycles. The van der Waals surface area contributed by atoms with Crippen LogP contribution in [0.4, 0.5) is 0 Å². The first-order valence-electron chi connectivity index (χ1n) is 6.22. The zero-order valence-electron chi connectivity index (χ0n) is 10.5. The minimum absolute atomic E-state index is 0.468. The Bertz CT molecular complexity index is 307. The van der Waals surface area contributed by atoms with Gasteiger partial charge in [-0.05, 0) is 24.1 Å². The average molecular weight is 284 g/mol. The van der Waals surface area contributed by atoms with E-state index in [0.29, 0.717) is 12.0 Å². The highest BCUT2D eigenvalue weighted by molar-refractivity contribution is 9.10. The van der Waals surface area contributed by atoms with Gasteiger partial charge in [0, 0.05) is 10.5 Å². The van der Waals surface area contributed by atoms with Crippen LogP contribution in [-0.2, 0) is 0 Å². The number of hydrogen-bond acceptors (Lipinski definition) is 1. The summed E-state index contributed by atoms with van der Waals surface area (Å²) >= 11 is 3.65. The van der Waals surface area contributed by atoms with Crippen LogP contribution in [-0.4, -0.2) is 6.54 Å². The third-order valence-corrected chi connectivity index (χ3v) is 3.91. The fourth-order valence-electron chi connectivity index (χ4n) is 2.24. The molecule has 1 aromatic rings. The smallest absolute Gasteiger partial charge is 0.0359 e. The third-order valence-electron chi connectivity index (χ3n) is 3.18. The van der Waals surface area contributed by atoms with Crippen molar-refractivity contribution in [1.29, 1.82) is 0 Å². The summed E-state index contributed by atoms with van der Waals surface area (Å²) in [7, 11) is 0. The monoisotopic (exact) mass is 283 g/mol. The first-order valence-corrected chi connectivity index (χ1v) is 7.01. The Hall–Kier alpha value is -0.340. The maximum Gasteiger partial charge on any atom is 0.0359 e. The first-order chi connectivity index (χ1) is 7.74. The van der Waals surface area contributed by atoms with Crippen LogP contribution in [0.2, 0.25) is 0 Å². The number of halogens is 1. The SMILES string of the molecule is CCNC(c1ccccc1Br)C(CC)CC. The Balaban J connectivity index is 2.97. The zero-order chi connectivity index (χ0) is 12.0. The van der Waals surface area contributed by atoms with Crippen LogP contribution in [0.25, 0.3) is 0 Å². The molecule has 0 aliphatic heterocycles. The molecule has 1 aromatic carbocycles. The molecule has 0 spiro atoms. The molecule has 0 amide bonds. The van der Waals surface area contributed by atoms with Gasteiger partial charge in [0.15, 0.2) is 0 Å². The van der Waals surface area contributed by atoms with Crippen molar-refractivity contribution >= 4 is 15.9 Å². The molecule has 16 heavy (non-hydrogen) atoms. The van der Waals surface area contributed by atoms with Gasteiger partial charge in [0.25, 0.3) is 0 Å². The molecule has 0 aliphatic carbocycles. The Labute approximate surface area is 108 Å². The van der Waals surface area contributed by atoms with Gasteiger partial charge in [-0.3, -0.25) is 0 Å². The standard InChI is InChI=1S/C14H22BrN/c1-4-11(5-2)14(16-6-3)12-9-7-8-10-13(12)15/h7-11,14,16H,4-6H2,1-3H3. The van der Waals surface area contributed by atoms with Gasteiger partial charge < -0.3 is 5.32 Å². The van der Waals surface area contributed by atoms with Crippen molar-refractivity contribution < 1.29 is 0 Å². The lowest BCUT2D eigenvalue weighted by molar-refractivity contribution is 0.345. The van der Waals surface area contributed by atoms with E-state index in [1.54, 1.807) is 0 Å². The van der Waals surface area contributed by atoms with Crippen LogP contribution in [0.1, 0.15) is 45.2 Å². The van der Waals surface area contributed by atoms with Crippen LogP contribution >= 0.6 is 15.9 Å². The Morgan fingerprint density at radius 1 is 1.12 bits per heavy atom. The normalized spacial score (nSPS) is 13.1. The van der Waals surface area contributed by atoms with Gasteiger partial charge in [-0.1, -0.05) is 67.7 Å². The maximum atomic E-state index is 3.65. The fourth-order valence-corrected chi connectivity index (χ4v) is 2.77. The lowest BCUT2D eigenvalue weighted by atomic mass is 9.89. The molecule has 1 unspecified atom stereocenters. The van der Waals surface area contributed by atoms with Crippen LogP contribution in [0, 0.1) is 5.92 Å². The van der Waals surface area contributed by atoms with E-state index < -0.39 is 0 Å². The summed E-state index contributed by atoms with van der Waals surface area (Å²) in [4.78, 5) is 0. The lowest BCUT2D eigenvalue weighted by Crippen LogP contribution is -2.28. The van der Waals surface area contributed by atoms with Crippen LogP contribution in [0.15, 0.2) is 28.7 Å². The van der Waals surface area contributed by atoms with Crippen molar-refractivity contribution in [3.8, 4) is 0 Å². The van der Waals surface area contributed by atoms with Crippen molar-refractivity contribution in [2.24, 2.45) is 5.92 Å². The minimum Gasteiger partial charge on any atom is -0.310 e. The van der Waals surface area contributed by atoms with E-state index in [1.165, 1.54) is 22.9 Å². The van der Waals surface area contributed by atoms with Gasteiger partial charge in [-0.25, -0.2) is 0 Å². The second kappa shape index (κ2) is 7.08. The van der Waals surface area contributed by atoms with E-state index in [-0.39, 0.29) is 0 Å². The van der Waals surface area contributed by atoms with Gasteiger partial charge in [-0.15, -0.1) is 0 Å². The summed E-state index contributed by atoms with van der Waals surface area (Å²) in [6.45, 7) is 7.74. The van der Waals surface area contributed by atoms with Crippen molar-refractivity contribution in [2.75, 3.05) is 6.54 Å². The van der Waals surface area contributed by atoms with Crippen LogP contribution in [0.5, 0.6) is 0 Å². The van der Waals surface area contributed by atoms with Crippen molar-refractivity contribution in [1.82, 2.24) is 5.32 Å². The van der Waals surface area contributed by atoms with E-state index in [0.717, 1.165) is 6.54 Å². The Morgan fingerprint density at radius 2 is 1.75 bits per heavy atom. The van der Waals surface area contributed by atoms with Gasteiger partial charge >= 0.3 is 0 Å². The van der Waals surface area contributed by atoms with Crippen LogP contribution in [0.3, 0.4) is 0 Å². The molecule has 0 heterocycles. The summed E-state index contributed by atoms with van der Waals surface area (Å²) in [5.41, 5.74) is 1.39. The number of nitrogens with one attached hydrogen (secondary N) is 1.